The Bertz CT molecular complexity index is 1860. The fraction of sp³-hybridized carbons (Fsp3) is 0.308. The van der Waals surface area contributed by atoms with Gasteiger partial charge >= 0.3 is 0 Å². The molecule has 0 fully saturated rings. The van der Waals surface area contributed by atoms with Crippen molar-refractivity contribution in [3.05, 3.63) is 71.9 Å². The number of hydrogen-bond acceptors (Lipinski definition) is 8. The van der Waals surface area contributed by atoms with Gasteiger partial charge in [-0.25, -0.2) is 21.6 Å². The maximum atomic E-state index is 14.6. The third-order valence-corrected chi connectivity index (χ3v) is 11.9. The van der Waals surface area contributed by atoms with Gasteiger partial charge in [-0.3, -0.25) is 0 Å². The molecule has 4 aromatic rings. The molecule has 0 bridgehead atoms. The molecule has 2 aromatic carbocycles. The zero-order valence-electron chi connectivity index (χ0n) is 23.1. The van der Waals surface area contributed by atoms with Gasteiger partial charge < -0.3 is 9.05 Å². The van der Waals surface area contributed by atoms with E-state index in [1.165, 1.54) is 0 Å². The number of benzene rings is 2. The molecule has 14 heteroatoms. The Kier molecular flexibility index (Phi) is 8.04. The van der Waals surface area contributed by atoms with Crippen LogP contribution in [-0.4, -0.2) is 27.1 Å². The standard InChI is InChI=1S/C26H28Br2N4O6S2/c1-12-9-14(3)23(15(4)10-12)40(35,36)32(26-21(28)19(8)30-38-26)22-13(2)11-16(5)24(17(22)6)39(33,34)31-25-20(27)18(7)29-37-25/h9-11,31H,1-8H3. The lowest BCUT2D eigenvalue weighted by Crippen LogP contribution is -2.30. The highest BCUT2D eigenvalue weighted by atomic mass is 79.9. The normalized spacial score (nSPS) is 12.2. The minimum atomic E-state index is -4.36. The second-order valence-electron chi connectivity index (χ2n) is 9.71. The van der Waals surface area contributed by atoms with E-state index in [2.05, 4.69) is 46.9 Å². The van der Waals surface area contributed by atoms with Crippen LogP contribution in [0, 0.1) is 55.4 Å². The van der Waals surface area contributed by atoms with E-state index in [9.17, 15) is 16.8 Å². The fourth-order valence-electron chi connectivity index (χ4n) is 4.95. The molecule has 0 aliphatic carbocycles. The molecule has 214 valence electrons. The quantitative estimate of drug-likeness (QED) is 0.217. The van der Waals surface area contributed by atoms with Crippen molar-refractivity contribution in [2.45, 2.75) is 65.2 Å². The number of hydrogen-bond donors (Lipinski definition) is 1. The van der Waals surface area contributed by atoms with E-state index in [4.69, 9.17) is 9.05 Å². The first-order chi connectivity index (χ1) is 18.5. The number of nitrogens with zero attached hydrogens (tertiary/aromatic N) is 3. The molecule has 0 aliphatic rings. The van der Waals surface area contributed by atoms with E-state index >= 15 is 0 Å². The summed E-state index contributed by atoms with van der Waals surface area (Å²) in [5.74, 6) is -0.195. The van der Waals surface area contributed by atoms with Crippen molar-refractivity contribution in [3.8, 4) is 0 Å². The van der Waals surface area contributed by atoms with Crippen LogP contribution in [-0.2, 0) is 20.0 Å². The van der Waals surface area contributed by atoms with Crippen LogP contribution in [0.25, 0.3) is 0 Å². The molecule has 10 nitrogen and oxygen atoms in total. The fourth-order valence-corrected chi connectivity index (χ4v) is 9.21. The smallest absolute Gasteiger partial charge is 0.271 e. The molecule has 0 aliphatic heterocycles. The van der Waals surface area contributed by atoms with Gasteiger partial charge in [-0.2, -0.15) is 4.31 Å². The predicted molar refractivity (Wildman–Crippen MR) is 159 cm³/mol. The van der Waals surface area contributed by atoms with E-state index in [-0.39, 0.29) is 32.8 Å². The first-order valence-corrected chi connectivity index (χ1v) is 16.5. The Morgan fingerprint density at radius 1 is 0.725 bits per heavy atom. The van der Waals surface area contributed by atoms with Crippen LogP contribution < -0.4 is 9.03 Å². The van der Waals surface area contributed by atoms with Gasteiger partial charge in [0, 0.05) is 0 Å². The minimum Gasteiger partial charge on any atom is -0.336 e. The zero-order valence-corrected chi connectivity index (χ0v) is 27.9. The minimum absolute atomic E-state index is 0.0852. The van der Waals surface area contributed by atoms with Crippen LogP contribution in [0.15, 0.2) is 46.0 Å². The van der Waals surface area contributed by atoms with Crippen LogP contribution in [0.5, 0.6) is 0 Å². The van der Waals surface area contributed by atoms with Gasteiger partial charge in [-0.1, -0.05) is 34.1 Å². The first-order valence-electron chi connectivity index (χ1n) is 12.0. The Hall–Kier alpha value is -2.68. The largest absolute Gasteiger partial charge is 0.336 e. The van der Waals surface area contributed by atoms with Gasteiger partial charge in [-0.15, -0.1) is 0 Å². The molecular weight excluding hydrogens is 688 g/mol. The number of nitrogens with one attached hydrogen (secondary N) is 1. The van der Waals surface area contributed by atoms with Crippen molar-refractivity contribution in [2.24, 2.45) is 0 Å². The summed E-state index contributed by atoms with van der Waals surface area (Å²) in [7, 11) is -8.63. The molecule has 0 amide bonds. The van der Waals surface area contributed by atoms with E-state index < -0.39 is 20.0 Å². The lowest BCUT2D eigenvalue weighted by Gasteiger charge is -2.28. The summed E-state index contributed by atoms with van der Waals surface area (Å²) in [6.45, 7) is 13.5. The Morgan fingerprint density at radius 2 is 1.25 bits per heavy atom. The number of halogens is 2. The molecule has 40 heavy (non-hydrogen) atoms. The van der Waals surface area contributed by atoms with E-state index in [1.54, 1.807) is 66.7 Å². The summed E-state index contributed by atoms with van der Waals surface area (Å²) in [6.07, 6.45) is 0. The van der Waals surface area contributed by atoms with Gasteiger partial charge in [-0.05, 0) is 115 Å². The lowest BCUT2D eigenvalue weighted by atomic mass is 10.0. The number of aromatic nitrogens is 2. The summed E-state index contributed by atoms with van der Waals surface area (Å²) in [5, 5.41) is 7.74. The summed E-state index contributed by atoms with van der Waals surface area (Å²) in [6, 6.07) is 5.18. The van der Waals surface area contributed by atoms with E-state index in [0.29, 0.717) is 42.6 Å². The van der Waals surface area contributed by atoms with Crippen LogP contribution in [0.3, 0.4) is 0 Å². The van der Waals surface area contributed by atoms with Crippen molar-refractivity contribution in [2.75, 3.05) is 9.03 Å². The Labute approximate surface area is 250 Å². The summed E-state index contributed by atoms with van der Waals surface area (Å²) >= 11 is 6.70. The van der Waals surface area contributed by atoms with Crippen molar-refractivity contribution < 1.29 is 25.9 Å². The first kappa shape index (κ1) is 30.3. The molecule has 1 N–H and O–H groups in total. The average molecular weight is 716 g/mol. The monoisotopic (exact) mass is 714 g/mol. The molecule has 0 unspecified atom stereocenters. The van der Waals surface area contributed by atoms with Gasteiger partial charge in [0.15, 0.2) is 0 Å². The lowest BCUT2D eigenvalue weighted by molar-refractivity contribution is 0.423. The third kappa shape index (κ3) is 5.10. The highest BCUT2D eigenvalue weighted by Gasteiger charge is 2.38. The number of aryl methyl sites for hydroxylation is 7. The average Bonchev–Trinajstić information content (AvgIpc) is 3.30. The summed E-state index contributed by atoms with van der Waals surface area (Å²) < 4.78 is 71.4. The predicted octanol–water partition coefficient (Wildman–Crippen LogP) is 6.98. The van der Waals surface area contributed by atoms with Crippen LogP contribution in [0.4, 0.5) is 17.5 Å². The molecule has 0 spiro atoms. The highest BCUT2D eigenvalue weighted by molar-refractivity contribution is 9.11. The van der Waals surface area contributed by atoms with E-state index in [0.717, 1.165) is 9.87 Å². The molecule has 4 rings (SSSR count). The summed E-state index contributed by atoms with van der Waals surface area (Å²) in [5.41, 5.74) is 4.10. The van der Waals surface area contributed by atoms with Crippen LogP contribution in [0.2, 0.25) is 0 Å². The number of rotatable bonds is 7. The third-order valence-electron chi connectivity index (χ3n) is 6.41. The molecule has 2 heterocycles. The SMILES string of the molecule is Cc1cc(C)c(S(=O)(=O)N(c2onc(C)c2Br)c2c(C)cc(C)c(S(=O)(=O)Nc3onc(C)c3Br)c2C)c(C)c1. The van der Waals surface area contributed by atoms with Crippen LogP contribution >= 0.6 is 31.9 Å². The second-order valence-corrected chi connectivity index (χ2v) is 14.6. The van der Waals surface area contributed by atoms with E-state index in [1.807, 2.05) is 6.92 Å². The second kappa shape index (κ2) is 10.6. The molecule has 0 saturated carbocycles. The van der Waals surface area contributed by atoms with Crippen molar-refractivity contribution >= 4 is 69.4 Å². The Balaban J connectivity index is 2.05. The Morgan fingerprint density at radius 3 is 1.75 bits per heavy atom. The maximum absolute atomic E-state index is 14.6. The molecular formula is C26H28Br2N4O6S2. The van der Waals surface area contributed by atoms with Crippen molar-refractivity contribution in [1.29, 1.82) is 0 Å². The topological polar surface area (TPSA) is 136 Å². The van der Waals surface area contributed by atoms with Crippen molar-refractivity contribution in [1.82, 2.24) is 10.3 Å². The molecule has 2 aromatic heterocycles. The van der Waals surface area contributed by atoms with Gasteiger partial charge in [0.1, 0.15) is 8.95 Å². The highest BCUT2D eigenvalue weighted by Crippen LogP contribution is 2.45. The van der Waals surface area contributed by atoms with Gasteiger partial charge in [0.05, 0.1) is 26.9 Å². The molecule has 0 saturated heterocycles. The summed E-state index contributed by atoms with van der Waals surface area (Å²) in [4.78, 5) is -0.0269. The van der Waals surface area contributed by atoms with Crippen LogP contribution in [0.1, 0.15) is 44.8 Å². The molecule has 0 atom stereocenters. The van der Waals surface area contributed by atoms with Crippen molar-refractivity contribution in [3.63, 3.8) is 0 Å². The van der Waals surface area contributed by atoms with Gasteiger partial charge in [0.2, 0.25) is 0 Å². The number of sulfonamides is 2. The zero-order chi connectivity index (χ0) is 29.9. The number of anilines is 3. The molecule has 0 radical (unpaired) electrons. The maximum Gasteiger partial charge on any atom is 0.271 e. The van der Waals surface area contributed by atoms with Gasteiger partial charge in [0.25, 0.3) is 31.8 Å².